The molecule has 0 aliphatic heterocycles. The van der Waals surface area contributed by atoms with E-state index >= 15 is 0 Å². The topological polar surface area (TPSA) is 25.8 Å². The molecule has 0 aliphatic rings. The van der Waals surface area contributed by atoms with Crippen LogP contribution in [-0.4, -0.2) is 10.2 Å². The monoisotopic (exact) mass is 236 g/mol. The van der Waals surface area contributed by atoms with Gasteiger partial charge in [-0.1, -0.05) is 23.7 Å². The smallest absolute Gasteiger partial charge is 0.154 e. The standard InChI is InChI=1S/C12H10ClFN2/c1-7-8(2)12(13)16-15-11(7)9-5-3-4-6-10(9)14/h3-6H,1-2H3. The summed E-state index contributed by atoms with van der Waals surface area (Å²) in [5.74, 6) is -0.304. The molecule has 0 spiro atoms. The van der Waals surface area contributed by atoms with E-state index in [1.807, 2.05) is 13.8 Å². The van der Waals surface area contributed by atoms with E-state index in [1.165, 1.54) is 6.07 Å². The molecule has 0 unspecified atom stereocenters. The summed E-state index contributed by atoms with van der Waals surface area (Å²) in [4.78, 5) is 0. The Morgan fingerprint density at radius 2 is 1.75 bits per heavy atom. The summed E-state index contributed by atoms with van der Waals surface area (Å²) < 4.78 is 13.6. The third kappa shape index (κ3) is 1.78. The molecule has 82 valence electrons. The van der Waals surface area contributed by atoms with Crippen LogP contribution < -0.4 is 0 Å². The summed E-state index contributed by atoms with van der Waals surface area (Å²) >= 11 is 5.85. The molecular weight excluding hydrogens is 227 g/mol. The second-order valence-corrected chi connectivity index (χ2v) is 3.93. The fraction of sp³-hybridized carbons (Fsp3) is 0.167. The Hall–Kier alpha value is -1.48. The van der Waals surface area contributed by atoms with Gasteiger partial charge in [-0.2, -0.15) is 0 Å². The minimum Gasteiger partial charge on any atom is -0.206 e. The van der Waals surface area contributed by atoms with Gasteiger partial charge in [-0.25, -0.2) is 4.39 Å². The quantitative estimate of drug-likeness (QED) is 0.757. The van der Waals surface area contributed by atoms with Crippen molar-refractivity contribution < 1.29 is 4.39 Å². The molecule has 0 atom stereocenters. The third-order valence-corrected chi connectivity index (χ3v) is 2.95. The molecule has 0 fully saturated rings. The maximum absolute atomic E-state index is 13.6. The number of halogens is 2. The van der Waals surface area contributed by atoms with Crippen LogP contribution in [0.1, 0.15) is 11.1 Å². The fourth-order valence-electron chi connectivity index (χ4n) is 1.49. The van der Waals surface area contributed by atoms with Crippen molar-refractivity contribution >= 4 is 11.6 Å². The molecule has 0 aliphatic carbocycles. The van der Waals surface area contributed by atoms with Gasteiger partial charge in [-0.15, -0.1) is 10.2 Å². The van der Waals surface area contributed by atoms with E-state index in [9.17, 15) is 4.39 Å². The van der Waals surface area contributed by atoms with Gasteiger partial charge in [0.2, 0.25) is 0 Å². The van der Waals surface area contributed by atoms with Gasteiger partial charge in [0, 0.05) is 5.56 Å². The lowest BCUT2D eigenvalue weighted by Gasteiger charge is -2.08. The zero-order valence-corrected chi connectivity index (χ0v) is 9.72. The molecule has 4 heteroatoms. The number of benzene rings is 1. The van der Waals surface area contributed by atoms with Crippen LogP contribution >= 0.6 is 11.6 Å². The van der Waals surface area contributed by atoms with E-state index in [1.54, 1.807) is 18.2 Å². The second kappa shape index (κ2) is 4.18. The van der Waals surface area contributed by atoms with Crippen molar-refractivity contribution in [2.24, 2.45) is 0 Å². The minimum atomic E-state index is -0.304. The molecule has 2 nitrogen and oxygen atoms in total. The lowest BCUT2D eigenvalue weighted by Crippen LogP contribution is -1.98. The van der Waals surface area contributed by atoms with Crippen molar-refractivity contribution in [2.75, 3.05) is 0 Å². The summed E-state index contributed by atoms with van der Waals surface area (Å²) in [5, 5.41) is 8.11. The van der Waals surface area contributed by atoms with E-state index < -0.39 is 0 Å². The Balaban J connectivity index is 2.66. The highest BCUT2D eigenvalue weighted by molar-refractivity contribution is 6.30. The highest BCUT2D eigenvalue weighted by Gasteiger charge is 2.12. The van der Waals surface area contributed by atoms with Crippen LogP contribution in [0.15, 0.2) is 24.3 Å². The second-order valence-electron chi connectivity index (χ2n) is 3.57. The summed E-state index contributed by atoms with van der Waals surface area (Å²) in [6.07, 6.45) is 0. The van der Waals surface area contributed by atoms with Gasteiger partial charge >= 0.3 is 0 Å². The molecule has 2 rings (SSSR count). The minimum absolute atomic E-state index is 0.304. The highest BCUT2D eigenvalue weighted by Crippen LogP contribution is 2.27. The average molecular weight is 237 g/mol. The number of nitrogens with zero attached hydrogens (tertiary/aromatic N) is 2. The molecule has 0 saturated heterocycles. The van der Waals surface area contributed by atoms with Gasteiger partial charge in [0.05, 0.1) is 5.69 Å². The lowest BCUT2D eigenvalue weighted by molar-refractivity contribution is 0.630. The molecule has 0 amide bonds. The van der Waals surface area contributed by atoms with Crippen LogP contribution in [0.2, 0.25) is 5.15 Å². The molecule has 1 heterocycles. The Morgan fingerprint density at radius 3 is 2.44 bits per heavy atom. The van der Waals surface area contributed by atoms with Crippen LogP contribution in [0.4, 0.5) is 4.39 Å². The third-order valence-electron chi connectivity index (χ3n) is 2.59. The van der Waals surface area contributed by atoms with Gasteiger partial charge in [-0.3, -0.25) is 0 Å². The van der Waals surface area contributed by atoms with Crippen LogP contribution in [0.5, 0.6) is 0 Å². The van der Waals surface area contributed by atoms with Crippen LogP contribution in [0.25, 0.3) is 11.3 Å². The van der Waals surface area contributed by atoms with E-state index in [-0.39, 0.29) is 5.82 Å². The number of hydrogen-bond donors (Lipinski definition) is 0. The Kier molecular flexibility index (Phi) is 2.88. The van der Waals surface area contributed by atoms with Gasteiger partial charge in [0.25, 0.3) is 0 Å². The summed E-state index contributed by atoms with van der Waals surface area (Å²) in [6.45, 7) is 3.70. The first-order valence-corrected chi connectivity index (χ1v) is 5.23. The maximum Gasteiger partial charge on any atom is 0.154 e. The fourth-order valence-corrected chi connectivity index (χ4v) is 1.66. The zero-order chi connectivity index (χ0) is 11.7. The van der Waals surface area contributed by atoms with E-state index in [0.29, 0.717) is 16.4 Å². The molecule has 0 saturated carbocycles. The zero-order valence-electron chi connectivity index (χ0n) is 8.96. The van der Waals surface area contributed by atoms with Crippen LogP contribution in [0, 0.1) is 19.7 Å². The Labute approximate surface area is 98.1 Å². The Morgan fingerprint density at radius 1 is 1.06 bits per heavy atom. The van der Waals surface area contributed by atoms with Crippen LogP contribution in [0.3, 0.4) is 0 Å². The number of aromatic nitrogens is 2. The first kappa shape index (κ1) is 11.0. The number of hydrogen-bond acceptors (Lipinski definition) is 2. The largest absolute Gasteiger partial charge is 0.206 e. The molecule has 2 aromatic rings. The summed E-state index contributed by atoms with van der Waals surface area (Å²) in [7, 11) is 0. The predicted molar refractivity (Wildman–Crippen MR) is 61.9 cm³/mol. The van der Waals surface area contributed by atoms with Gasteiger partial charge in [0.1, 0.15) is 5.82 Å². The van der Waals surface area contributed by atoms with E-state index in [4.69, 9.17) is 11.6 Å². The predicted octanol–water partition coefficient (Wildman–Crippen LogP) is 3.55. The Bertz CT molecular complexity index is 541. The summed E-state index contributed by atoms with van der Waals surface area (Å²) in [5.41, 5.74) is 2.67. The maximum atomic E-state index is 13.6. The van der Waals surface area contributed by atoms with E-state index in [2.05, 4.69) is 10.2 Å². The normalized spacial score (nSPS) is 10.5. The van der Waals surface area contributed by atoms with Crippen molar-refractivity contribution in [1.82, 2.24) is 10.2 Å². The molecule has 0 radical (unpaired) electrons. The molecule has 16 heavy (non-hydrogen) atoms. The van der Waals surface area contributed by atoms with E-state index in [0.717, 1.165) is 11.1 Å². The van der Waals surface area contributed by atoms with Crippen molar-refractivity contribution in [3.8, 4) is 11.3 Å². The summed E-state index contributed by atoms with van der Waals surface area (Å²) in [6, 6.07) is 6.49. The highest BCUT2D eigenvalue weighted by atomic mass is 35.5. The van der Waals surface area contributed by atoms with Crippen molar-refractivity contribution in [3.05, 3.63) is 46.4 Å². The molecule has 0 bridgehead atoms. The van der Waals surface area contributed by atoms with Crippen molar-refractivity contribution in [2.45, 2.75) is 13.8 Å². The lowest BCUT2D eigenvalue weighted by atomic mass is 10.0. The van der Waals surface area contributed by atoms with Gasteiger partial charge in [-0.05, 0) is 37.1 Å². The molecular formula is C12H10ClFN2. The van der Waals surface area contributed by atoms with Crippen molar-refractivity contribution in [3.63, 3.8) is 0 Å². The van der Waals surface area contributed by atoms with Gasteiger partial charge in [0.15, 0.2) is 5.15 Å². The van der Waals surface area contributed by atoms with Crippen molar-refractivity contribution in [1.29, 1.82) is 0 Å². The average Bonchev–Trinajstić information content (AvgIpc) is 2.28. The number of rotatable bonds is 1. The first-order valence-electron chi connectivity index (χ1n) is 4.85. The van der Waals surface area contributed by atoms with Gasteiger partial charge < -0.3 is 0 Å². The first-order chi connectivity index (χ1) is 7.61. The molecule has 1 aromatic heterocycles. The molecule has 0 N–H and O–H groups in total. The molecule has 1 aromatic carbocycles. The SMILES string of the molecule is Cc1c(Cl)nnc(-c2ccccc2F)c1C. The van der Waals surface area contributed by atoms with Crippen LogP contribution in [-0.2, 0) is 0 Å².